The van der Waals surface area contributed by atoms with Gasteiger partial charge in [-0.05, 0) is 0 Å². The summed E-state index contributed by atoms with van der Waals surface area (Å²) < 4.78 is 2.25. The Kier molecular flexibility index (Phi) is 8.62. The van der Waals surface area contributed by atoms with Crippen molar-refractivity contribution in [2.45, 2.75) is 12.7 Å². The van der Waals surface area contributed by atoms with Crippen molar-refractivity contribution >= 4 is 64.4 Å². The van der Waals surface area contributed by atoms with E-state index in [9.17, 15) is 9.59 Å². The van der Waals surface area contributed by atoms with E-state index < -0.39 is 22.3 Å². The van der Waals surface area contributed by atoms with Crippen LogP contribution in [0.2, 0.25) is 0 Å². The van der Waals surface area contributed by atoms with Crippen LogP contribution < -0.4 is 27.0 Å². The molecule has 0 aliphatic rings. The molecule has 8 rings (SSSR count). The van der Waals surface area contributed by atoms with Gasteiger partial charge in [0.2, 0.25) is 0 Å². The van der Waals surface area contributed by atoms with Crippen molar-refractivity contribution in [3.05, 3.63) is 213 Å². The van der Waals surface area contributed by atoms with Crippen molar-refractivity contribution in [1.82, 2.24) is 14.3 Å². The van der Waals surface area contributed by atoms with Crippen molar-refractivity contribution in [3.63, 3.8) is 0 Å². The van der Waals surface area contributed by atoms with Gasteiger partial charge in [0.05, 0.1) is 0 Å². The SMILES string of the molecule is O=C(c1ccccc1CP(Br)(c1ccccc1)(c1ccccc1)c1ccccc1)n1c(=O)c2nc3ccccc3cc2c(=O)n1Cc1ccccc1. The molecule has 0 aliphatic heterocycles. The topological polar surface area (TPSA) is 74.0 Å². The first-order valence-corrected chi connectivity index (χ1v) is 21.4. The van der Waals surface area contributed by atoms with Crippen LogP contribution in [-0.2, 0) is 12.7 Å². The average molecular weight is 763 g/mol. The van der Waals surface area contributed by atoms with Crippen LogP contribution in [-0.4, -0.2) is 20.3 Å². The van der Waals surface area contributed by atoms with Gasteiger partial charge in [0, 0.05) is 0 Å². The van der Waals surface area contributed by atoms with E-state index in [1.165, 1.54) is 4.68 Å². The Morgan fingerprint density at radius 3 is 1.69 bits per heavy atom. The van der Waals surface area contributed by atoms with E-state index >= 15 is 4.79 Å². The van der Waals surface area contributed by atoms with Crippen molar-refractivity contribution in [2.75, 3.05) is 0 Å². The summed E-state index contributed by atoms with van der Waals surface area (Å²) >= 11 is 4.52. The van der Waals surface area contributed by atoms with E-state index in [2.05, 4.69) is 56.9 Å². The van der Waals surface area contributed by atoms with E-state index in [0.29, 0.717) is 17.2 Å². The molecule has 0 spiro atoms. The molecular weight excluding hydrogens is 729 g/mol. The molecule has 6 aromatic carbocycles. The van der Waals surface area contributed by atoms with Gasteiger partial charge in [-0.3, -0.25) is 0 Å². The molecule has 52 heavy (non-hydrogen) atoms. The van der Waals surface area contributed by atoms with E-state index in [1.807, 2.05) is 115 Å². The summed E-state index contributed by atoms with van der Waals surface area (Å²) in [7, 11) is 0. The molecule has 0 amide bonds. The Morgan fingerprint density at radius 2 is 1.10 bits per heavy atom. The molecule has 0 unspecified atom stereocenters. The first-order chi connectivity index (χ1) is 25.4. The third kappa shape index (κ3) is 5.54. The molecule has 254 valence electrons. The number of rotatable bonds is 8. The average Bonchev–Trinajstić information content (AvgIpc) is 3.21. The minimum atomic E-state index is -3.56. The van der Waals surface area contributed by atoms with Crippen LogP contribution in [0.1, 0.15) is 21.5 Å². The molecule has 0 saturated carbocycles. The van der Waals surface area contributed by atoms with Crippen LogP contribution in [0.4, 0.5) is 0 Å². The molecular formula is C44H33BrN3O3P. The second-order valence-corrected chi connectivity index (χ2v) is 21.8. The Balaban J connectivity index is 1.39. The van der Waals surface area contributed by atoms with Gasteiger partial charge in [0.25, 0.3) is 0 Å². The van der Waals surface area contributed by atoms with Crippen LogP contribution in [0.3, 0.4) is 0 Å². The van der Waals surface area contributed by atoms with Gasteiger partial charge in [0.15, 0.2) is 0 Å². The molecule has 0 bridgehead atoms. The van der Waals surface area contributed by atoms with Crippen LogP contribution in [0.25, 0.3) is 21.8 Å². The monoisotopic (exact) mass is 761 g/mol. The van der Waals surface area contributed by atoms with Crippen LogP contribution >= 0.6 is 20.8 Å². The fourth-order valence-corrected chi connectivity index (χ4v) is 14.9. The standard InChI is InChI=1S/C44H33BrN3O3P/c45-52(35-21-7-2-8-22-35,36-23-9-3-10-24-36,37-25-11-4-12-26-37)31-34-20-13-15-27-38(34)43(50)48-44(51)41-39(29-33-19-14-16-28-40(33)46-41)42(49)47(48)30-32-17-5-1-6-18-32/h1-29H,30-31H2. The van der Waals surface area contributed by atoms with E-state index in [0.717, 1.165) is 37.1 Å². The number of nitrogens with zero attached hydrogens (tertiary/aromatic N) is 3. The van der Waals surface area contributed by atoms with E-state index in [-0.39, 0.29) is 17.4 Å². The van der Waals surface area contributed by atoms with Gasteiger partial charge in [-0.1, -0.05) is 0 Å². The van der Waals surface area contributed by atoms with Crippen molar-refractivity contribution in [1.29, 1.82) is 0 Å². The van der Waals surface area contributed by atoms with Gasteiger partial charge in [0.1, 0.15) is 0 Å². The molecule has 0 N–H and O–H groups in total. The number of fused-ring (bicyclic) bond motifs is 2. The van der Waals surface area contributed by atoms with Gasteiger partial charge in [-0.25, -0.2) is 0 Å². The van der Waals surface area contributed by atoms with E-state index in [4.69, 9.17) is 0 Å². The van der Waals surface area contributed by atoms with Crippen LogP contribution in [0.15, 0.2) is 186 Å². The summed E-state index contributed by atoms with van der Waals surface area (Å²) in [6, 6.07) is 56.8. The predicted molar refractivity (Wildman–Crippen MR) is 217 cm³/mol. The third-order valence-electron chi connectivity index (χ3n) is 9.79. The van der Waals surface area contributed by atoms with E-state index in [1.54, 1.807) is 24.3 Å². The first-order valence-electron chi connectivity index (χ1n) is 17.0. The number of carbonyl (C=O) groups is 1. The Morgan fingerprint density at radius 1 is 0.596 bits per heavy atom. The maximum atomic E-state index is 15.1. The Hall–Kier alpha value is -5.75. The molecule has 2 aromatic heterocycles. The number of pyridine rings is 1. The maximum absolute atomic E-state index is 15.1. The first kappa shape index (κ1) is 33.4. The summed E-state index contributed by atoms with van der Waals surface area (Å²) in [4.78, 5) is 48.8. The molecule has 2 heterocycles. The summed E-state index contributed by atoms with van der Waals surface area (Å²) in [5, 5.41) is 0.618. The quantitative estimate of drug-likeness (QED) is 0.117. The molecule has 0 fully saturated rings. The molecule has 0 aliphatic carbocycles. The Labute approximate surface area is 308 Å². The number of aromatic nitrogens is 3. The zero-order valence-electron chi connectivity index (χ0n) is 28.0. The number of halogens is 1. The second-order valence-electron chi connectivity index (χ2n) is 12.9. The summed E-state index contributed by atoms with van der Waals surface area (Å²) in [5.41, 5.74) is 1.23. The van der Waals surface area contributed by atoms with Crippen molar-refractivity contribution in [2.24, 2.45) is 0 Å². The zero-order valence-corrected chi connectivity index (χ0v) is 30.5. The summed E-state index contributed by atoms with van der Waals surface area (Å²) in [5.74, 6) is -0.600. The Bertz CT molecular complexity index is 2620. The molecule has 6 nitrogen and oxygen atoms in total. The minimum absolute atomic E-state index is 0.0154. The van der Waals surface area contributed by atoms with Gasteiger partial charge in [-0.15, -0.1) is 0 Å². The van der Waals surface area contributed by atoms with Gasteiger partial charge >= 0.3 is 310 Å². The molecule has 8 aromatic rings. The number of carbonyl (C=O) groups excluding carboxylic acids is 1. The second kappa shape index (κ2) is 13.4. The van der Waals surface area contributed by atoms with Crippen LogP contribution in [0, 0.1) is 0 Å². The molecule has 0 atom stereocenters. The van der Waals surface area contributed by atoms with Crippen molar-refractivity contribution in [3.8, 4) is 0 Å². The number of hydrogen-bond donors (Lipinski definition) is 0. The molecule has 0 radical (unpaired) electrons. The molecule has 0 saturated heterocycles. The number of benzene rings is 6. The molecule has 8 heteroatoms. The number of para-hydroxylation sites is 1. The normalized spacial score (nSPS) is 12.4. The third-order valence-corrected chi connectivity index (χ3v) is 19.3. The number of hydrogen-bond acceptors (Lipinski definition) is 4. The van der Waals surface area contributed by atoms with Gasteiger partial charge < -0.3 is 0 Å². The van der Waals surface area contributed by atoms with Crippen molar-refractivity contribution < 1.29 is 4.79 Å². The summed E-state index contributed by atoms with van der Waals surface area (Å²) in [6.07, 6.45) is 0.416. The summed E-state index contributed by atoms with van der Waals surface area (Å²) in [6.45, 7) is 0.0154. The van der Waals surface area contributed by atoms with Gasteiger partial charge in [-0.2, -0.15) is 0 Å². The fraction of sp³-hybridized carbons (Fsp3) is 0.0455. The fourth-order valence-electron chi connectivity index (χ4n) is 7.22. The zero-order chi connectivity index (χ0) is 35.7. The van der Waals surface area contributed by atoms with Crippen LogP contribution in [0.5, 0.6) is 0 Å². The predicted octanol–water partition coefficient (Wildman–Crippen LogP) is 7.79.